The van der Waals surface area contributed by atoms with Gasteiger partial charge in [0, 0.05) is 37.1 Å². The van der Waals surface area contributed by atoms with E-state index < -0.39 is 90.7 Å². The molecule has 25 nitrogen and oxygen atoms in total. The molecular weight excluding hydrogens is 835 g/mol. The molecule has 2 aromatic heterocycles. The van der Waals surface area contributed by atoms with Crippen LogP contribution in [0.4, 0.5) is 5.82 Å². The Balaban J connectivity index is 1.48. The minimum Gasteiger partial charge on any atom is -0.393 e. The Kier molecular flexibility index (Phi) is 17.5. The lowest BCUT2D eigenvalue weighted by atomic mass is 9.87. The number of nitrogens with zero attached hydrogens (tertiary/aromatic N) is 4. The molecule has 2 aromatic rings. The summed E-state index contributed by atoms with van der Waals surface area (Å²) >= 11 is 0.964. The van der Waals surface area contributed by atoms with Crippen LogP contribution in [0.3, 0.4) is 0 Å². The number of carbonyl (C=O) groups is 3. The highest BCUT2D eigenvalue weighted by Gasteiger charge is 2.50. The summed E-state index contributed by atoms with van der Waals surface area (Å²) in [4.78, 5) is 87.3. The third-order valence-corrected chi connectivity index (χ3v) is 11.8. The van der Waals surface area contributed by atoms with Gasteiger partial charge in [0.1, 0.15) is 36.3 Å². The second-order valence-electron chi connectivity index (χ2n) is 12.9. The maximum Gasteiger partial charge on any atom is 0.481 e. The third kappa shape index (κ3) is 14.7. The minimum absolute atomic E-state index is 0.00827. The monoisotopic (exact) mass is 881 g/mol. The average molecular weight is 882 g/mol. The molecule has 0 radical (unpaired) electrons. The standard InChI is InChI=1S/C27H46N7O18P3S/c1-4-5-15(35)10-18(37)56-9-8-29-17(36)6-7-30-25(40)22(39)27(2,3)12-49-55(46,47)52-54(44,45)48-11-16-21(51-53(41,42)43)20(38)26(50-16)34-14-33-19-23(28)31-13-32-24(19)34/h13-16,20-22,26,35,38-39H,4-12H2,1-3H3,(H,29,36)(H,30,40)(H,44,45)(H,46,47)(H2,28,31,32)(H2,41,42,43)/t15?,16-,20-,21-,22+,26+/m1/s1. The number of imidazole rings is 1. The van der Waals surface area contributed by atoms with Crippen molar-refractivity contribution >= 4 is 69.1 Å². The molecule has 1 aliphatic heterocycles. The summed E-state index contributed by atoms with van der Waals surface area (Å²) in [6, 6.07) is 0. The fourth-order valence-corrected chi connectivity index (χ4v) is 8.55. The van der Waals surface area contributed by atoms with Gasteiger partial charge < -0.3 is 56.0 Å². The van der Waals surface area contributed by atoms with Gasteiger partial charge in [-0.3, -0.25) is 32.5 Å². The number of carbonyl (C=O) groups excluding carboxylic acids is 3. The molecule has 3 unspecified atom stereocenters. The summed E-state index contributed by atoms with van der Waals surface area (Å²) in [5.74, 6) is -1.24. The molecule has 3 rings (SSSR count). The lowest BCUT2D eigenvalue weighted by molar-refractivity contribution is -0.137. The number of amides is 2. The molecule has 8 atom stereocenters. The van der Waals surface area contributed by atoms with E-state index in [4.69, 9.17) is 19.5 Å². The smallest absolute Gasteiger partial charge is 0.393 e. The van der Waals surface area contributed by atoms with Crippen LogP contribution in [0.15, 0.2) is 12.7 Å². The van der Waals surface area contributed by atoms with Crippen LogP contribution in [0.25, 0.3) is 11.2 Å². The van der Waals surface area contributed by atoms with Gasteiger partial charge in [0.25, 0.3) is 0 Å². The number of hydrogen-bond acceptors (Lipinski definition) is 19. The van der Waals surface area contributed by atoms with Crippen LogP contribution >= 0.6 is 35.2 Å². The molecule has 318 valence electrons. The fourth-order valence-electron chi connectivity index (χ4n) is 4.98. The Labute approximate surface area is 323 Å². The van der Waals surface area contributed by atoms with Crippen molar-refractivity contribution < 1.29 is 85.6 Å². The van der Waals surface area contributed by atoms with E-state index in [9.17, 15) is 63.0 Å². The number of anilines is 1. The molecular formula is C27H46N7O18P3S. The fraction of sp³-hybridized carbons (Fsp3) is 0.704. The van der Waals surface area contributed by atoms with Gasteiger partial charge in [-0.2, -0.15) is 4.31 Å². The highest BCUT2D eigenvalue weighted by molar-refractivity contribution is 8.13. The molecule has 1 fully saturated rings. The highest BCUT2D eigenvalue weighted by Crippen LogP contribution is 2.61. The van der Waals surface area contributed by atoms with Gasteiger partial charge in [-0.1, -0.05) is 39.0 Å². The molecule has 29 heteroatoms. The van der Waals surface area contributed by atoms with E-state index in [-0.39, 0.29) is 53.8 Å². The largest absolute Gasteiger partial charge is 0.481 e. The van der Waals surface area contributed by atoms with E-state index in [0.29, 0.717) is 6.42 Å². The Morgan fingerprint density at radius 2 is 1.73 bits per heavy atom. The summed E-state index contributed by atoms with van der Waals surface area (Å²) in [5, 5.41) is 35.8. The molecule has 11 N–H and O–H groups in total. The van der Waals surface area contributed by atoms with Gasteiger partial charge in [-0.05, 0) is 6.42 Å². The minimum atomic E-state index is -5.58. The van der Waals surface area contributed by atoms with Crippen molar-refractivity contribution in [2.24, 2.45) is 5.41 Å². The molecule has 0 aromatic carbocycles. The van der Waals surface area contributed by atoms with Crippen molar-refractivity contribution in [3.63, 3.8) is 0 Å². The summed E-state index contributed by atoms with van der Waals surface area (Å²) in [6.07, 6.45) is -6.45. The highest BCUT2D eigenvalue weighted by atomic mass is 32.2. The van der Waals surface area contributed by atoms with Crippen LogP contribution in [0.5, 0.6) is 0 Å². The molecule has 0 bridgehead atoms. The Hall–Kier alpha value is -2.48. The number of ether oxygens (including phenoxy) is 1. The molecule has 0 spiro atoms. The van der Waals surface area contributed by atoms with Gasteiger partial charge in [-0.15, -0.1) is 0 Å². The Morgan fingerprint density at radius 1 is 1.05 bits per heavy atom. The lowest BCUT2D eigenvalue weighted by Gasteiger charge is -2.30. The van der Waals surface area contributed by atoms with Crippen molar-refractivity contribution in [3.05, 3.63) is 12.7 Å². The normalized spacial score (nSPS) is 22.2. The second kappa shape index (κ2) is 20.5. The molecule has 56 heavy (non-hydrogen) atoms. The van der Waals surface area contributed by atoms with Gasteiger partial charge in [0.15, 0.2) is 22.8 Å². The number of phosphoric acid groups is 3. The van der Waals surface area contributed by atoms with Crippen LogP contribution in [0, 0.1) is 5.41 Å². The first kappa shape index (κ1) is 47.9. The first-order valence-corrected chi connectivity index (χ1v) is 22.2. The quantitative estimate of drug-likeness (QED) is 0.0483. The number of thioether (sulfide) groups is 1. The molecule has 3 heterocycles. The molecule has 2 amide bonds. The number of nitrogens with one attached hydrogen (secondary N) is 2. The summed E-state index contributed by atoms with van der Waals surface area (Å²) in [5.41, 5.74) is 4.24. The van der Waals surface area contributed by atoms with Gasteiger partial charge >= 0.3 is 23.5 Å². The SMILES string of the molecule is CCCC(O)CC(=O)SCCNC(=O)CCNC(=O)[C@H](O)C(C)(C)COP(=O)(O)OP(=O)(O)OC[C@H]1O[C@H](n2cnc3c(N)ncnc32)[C@H](O)[C@@H]1OP(=O)(O)O. The van der Waals surface area contributed by atoms with Crippen molar-refractivity contribution in [1.82, 2.24) is 30.2 Å². The summed E-state index contributed by atoms with van der Waals surface area (Å²) in [6.45, 7) is 2.26. The molecule has 0 aliphatic carbocycles. The predicted octanol–water partition coefficient (Wildman–Crippen LogP) is -0.784. The zero-order valence-corrected chi connectivity index (χ0v) is 33.7. The Bertz CT molecular complexity index is 1820. The first-order valence-electron chi connectivity index (χ1n) is 16.7. The van der Waals surface area contributed by atoms with Crippen LogP contribution in [0.1, 0.15) is 52.7 Å². The molecule has 1 saturated heterocycles. The average Bonchev–Trinajstić information content (AvgIpc) is 3.64. The summed E-state index contributed by atoms with van der Waals surface area (Å²) in [7, 11) is -16.4. The van der Waals surface area contributed by atoms with E-state index in [1.807, 2.05) is 6.92 Å². The number of fused-ring (bicyclic) bond motifs is 1. The van der Waals surface area contributed by atoms with Gasteiger partial charge in [-0.25, -0.2) is 28.6 Å². The summed E-state index contributed by atoms with van der Waals surface area (Å²) < 4.78 is 62.0. The van der Waals surface area contributed by atoms with Crippen LogP contribution in [-0.4, -0.2) is 134 Å². The number of phosphoric ester groups is 3. The third-order valence-electron chi connectivity index (χ3n) is 7.79. The number of rotatable bonds is 23. The van der Waals surface area contributed by atoms with Gasteiger partial charge in [0.2, 0.25) is 11.8 Å². The van der Waals surface area contributed by atoms with Crippen molar-refractivity contribution in [3.8, 4) is 0 Å². The number of aromatic nitrogens is 4. The van der Waals surface area contributed by atoms with E-state index in [0.717, 1.165) is 35.4 Å². The van der Waals surface area contributed by atoms with E-state index in [2.05, 4.69) is 34.4 Å². The topological polar surface area (TPSA) is 384 Å². The maximum atomic E-state index is 12.7. The first-order chi connectivity index (χ1) is 25.9. The molecule has 1 aliphatic rings. The van der Waals surface area contributed by atoms with Crippen molar-refractivity contribution in [1.29, 1.82) is 0 Å². The number of hydrogen-bond donors (Lipinski definition) is 10. The van der Waals surface area contributed by atoms with E-state index in [1.165, 1.54) is 13.8 Å². The lowest BCUT2D eigenvalue weighted by Crippen LogP contribution is -2.46. The van der Waals surface area contributed by atoms with Crippen LogP contribution < -0.4 is 16.4 Å². The number of nitrogen functional groups attached to an aromatic ring is 1. The van der Waals surface area contributed by atoms with Crippen LogP contribution in [-0.2, 0) is 50.7 Å². The number of aliphatic hydroxyl groups excluding tert-OH is 3. The predicted molar refractivity (Wildman–Crippen MR) is 193 cm³/mol. The molecule has 0 saturated carbocycles. The number of aliphatic hydroxyl groups is 3. The maximum absolute atomic E-state index is 12.7. The number of nitrogens with two attached hydrogens (primary N) is 1. The second-order valence-corrected chi connectivity index (χ2v) is 18.3. The van der Waals surface area contributed by atoms with Gasteiger partial charge in [0.05, 0.1) is 25.6 Å². The van der Waals surface area contributed by atoms with E-state index >= 15 is 0 Å². The zero-order valence-electron chi connectivity index (χ0n) is 30.2. The Morgan fingerprint density at radius 3 is 2.39 bits per heavy atom. The van der Waals surface area contributed by atoms with Crippen LogP contribution in [0.2, 0.25) is 0 Å². The van der Waals surface area contributed by atoms with Crippen molar-refractivity contribution in [2.45, 2.75) is 83.2 Å². The van der Waals surface area contributed by atoms with Crippen molar-refractivity contribution in [2.75, 3.05) is 37.8 Å². The zero-order chi connectivity index (χ0) is 42.1. The van der Waals surface area contributed by atoms with E-state index in [1.54, 1.807) is 0 Å².